The summed E-state index contributed by atoms with van der Waals surface area (Å²) in [5.74, 6) is -3.86. The van der Waals surface area contributed by atoms with Crippen LogP contribution in [0.2, 0.25) is 0 Å². The summed E-state index contributed by atoms with van der Waals surface area (Å²) >= 11 is 0. The van der Waals surface area contributed by atoms with Gasteiger partial charge in [0.05, 0.1) is 47.6 Å². The summed E-state index contributed by atoms with van der Waals surface area (Å²) in [5, 5.41) is 22.9. The Morgan fingerprint density at radius 2 is 1.55 bits per heavy atom. The second-order valence-corrected chi connectivity index (χ2v) is 19.8. The summed E-state index contributed by atoms with van der Waals surface area (Å²) in [4.78, 5) is 47.4. The van der Waals surface area contributed by atoms with E-state index in [4.69, 9.17) is 37.9 Å². The van der Waals surface area contributed by atoms with Gasteiger partial charge in [-0.1, -0.05) is 70.2 Å². The number of amides is 1. The van der Waals surface area contributed by atoms with Gasteiger partial charge in [0.2, 0.25) is 0 Å². The summed E-state index contributed by atoms with van der Waals surface area (Å²) in [7, 11) is 6.87. The van der Waals surface area contributed by atoms with Crippen LogP contribution in [0.1, 0.15) is 107 Å². The average Bonchev–Trinajstić information content (AvgIpc) is 3.52. The molecule has 2 N–H and O–H groups in total. The zero-order valence-electron chi connectivity index (χ0n) is 40.7. The smallest absolute Gasteiger partial charge is 0.410 e. The number of carbonyl (C=O) groups excluding carboxylic acids is 3. The number of fused-ring (bicyclic) bond motifs is 1. The number of Topliss-reactive ketones (excluding diaryl/α,β-unsaturated/α-hetero) is 1. The largest absolute Gasteiger partial charge is 0.458 e. The van der Waals surface area contributed by atoms with Crippen molar-refractivity contribution >= 4 is 23.9 Å². The van der Waals surface area contributed by atoms with Crippen LogP contribution >= 0.6 is 0 Å². The van der Waals surface area contributed by atoms with Crippen LogP contribution in [0.25, 0.3) is 6.08 Å². The Morgan fingerprint density at radius 1 is 0.891 bits per heavy atom. The van der Waals surface area contributed by atoms with Gasteiger partial charge in [0.1, 0.15) is 24.1 Å². The number of hydrogen-bond acceptors (Lipinski definition) is 14. The van der Waals surface area contributed by atoms with Gasteiger partial charge in [-0.25, -0.2) is 4.79 Å². The Kier molecular flexibility index (Phi) is 17.3. The van der Waals surface area contributed by atoms with Crippen LogP contribution in [-0.2, 0) is 47.5 Å². The first-order valence-electron chi connectivity index (χ1n) is 23.3. The molecule has 15 heteroatoms. The number of aliphatic hydroxyl groups is 2. The van der Waals surface area contributed by atoms with Gasteiger partial charge in [-0.2, -0.15) is 0 Å². The van der Waals surface area contributed by atoms with E-state index in [0.29, 0.717) is 12.8 Å². The number of cyclic esters (lactones) is 1. The van der Waals surface area contributed by atoms with Crippen molar-refractivity contribution in [2.45, 2.75) is 186 Å². The van der Waals surface area contributed by atoms with Gasteiger partial charge in [0.25, 0.3) is 0 Å². The van der Waals surface area contributed by atoms with Crippen molar-refractivity contribution in [1.82, 2.24) is 9.80 Å². The molecule has 1 amide bonds. The van der Waals surface area contributed by atoms with Crippen LogP contribution in [0.4, 0.5) is 4.79 Å². The van der Waals surface area contributed by atoms with Crippen molar-refractivity contribution in [2.24, 2.45) is 23.7 Å². The van der Waals surface area contributed by atoms with Gasteiger partial charge in [-0.15, -0.1) is 0 Å². The van der Waals surface area contributed by atoms with Crippen molar-refractivity contribution < 1.29 is 62.5 Å². The number of aliphatic hydroxyl groups excluding tert-OH is 2. The maximum atomic E-state index is 15.0. The van der Waals surface area contributed by atoms with Gasteiger partial charge < -0.3 is 57.9 Å². The highest BCUT2D eigenvalue weighted by molar-refractivity contribution is 5.85. The van der Waals surface area contributed by atoms with E-state index in [0.717, 1.165) is 5.56 Å². The highest BCUT2D eigenvalue weighted by atomic mass is 16.7. The van der Waals surface area contributed by atoms with Gasteiger partial charge in [-0.3, -0.25) is 9.59 Å². The molecule has 5 rings (SSSR count). The molecule has 15 nitrogen and oxygen atoms in total. The normalized spacial score (nSPS) is 42.9. The second kappa shape index (κ2) is 21.3. The number of nitrogens with zero attached hydrogens (tertiary/aromatic N) is 2. The molecule has 1 aromatic rings. The molecule has 0 aliphatic carbocycles. The maximum Gasteiger partial charge on any atom is 0.410 e. The predicted molar refractivity (Wildman–Crippen MR) is 240 cm³/mol. The van der Waals surface area contributed by atoms with E-state index in [1.54, 1.807) is 39.7 Å². The van der Waals surface area contributed by atoms with E-state index in [9.17, 15) is 24.6 Å². The molecule has 0 aromatic heterocycles. The highest BCUT2D eigenvalue weighted by Crippen LogP contribution is 2.45. The van der Waals surface area contributed by atoms with Gasteiger partial charge in [0, 0.05) is 51.0 Å². The van der Waals surface area contributed by atoms with Crippen molar-refractivity contribution in [3.8, 4) is 0 Å². The molecule has 4 heterocycles. The monoisotopic (exact) mass is 903 g/mol. The quantitative estimate of drug-likeness (QED) is 0.234. The molecular weight excluding hydrogens is 825 g/mol. The molecule has 1 aromatic carbocycles. The van der Waals surface area contributed by atoms with Crippen LogP contribution in [0, 0.1) is 23.7 Å². The third-order valence-electron chi connectivity index (χ3n) is 14.8. The van der Waals surface area contributed by atoms with Crippen molar-refractivity contribution in [1.29, 1.82) is 0 Å². The molecule has 4 saturated heterocycles. The van der Waals surface area contributed by atoms with Gasteiger partial charge >= 0.3 is 12.1 Å². The molecule has 362 valence electrons. The SMILES string of the molecule is CC[C@H]1OC(=O)[C@H](C)[C@@H](O[C@H]2C[C@@](C)(OC)[C@@H](O)[C@H](C)O2)[C@H](C)[C@@H](O[C@@H]2O[C@H](C)C[C@H](N(C)C)[C@H]2O)[C@](C)(OC)C[C@@H](C)C(=O)[C@H](C)[C@H]2N(CC/C=C\c3ccccc3)C(=O)O[C@]12C. The lowest BCUT2D eigenvalue weighted by atomic mass is 9.73. The van der Waals surface area contributed by atoms with Crippen LogP contribution in [-0.4, -0.2) is 157 Å². The van der Waals surface area contributed by atoms with Crippen LogP contribution in [0.15, 0.2) is 36.4 Å². The molecule has 0 spiro atoms. The molecular formula is C49H78N2O13. The van der Waals surface area contributed by atoms with E-state index in [1.807, 2.05) is 103 Å². The van der Waals surface area contributed by atoms with E-state index in [2.05, 4.69) is 0 Å². The molecule has 18 atom stereocenters. The van der Waals surface area contributed by atoms with Crippen LogP contribution in [0.3, 0.4) is 0 Å². The fraction of sp³-hybridized carbons (Fsp3) is 0.776. The summed E-state index contributed by atoms with van der Waals surface area (Å²) in [6, 6.07) is 8.76. The number of ether oxygens (including phenoxy) is 8. The lowest BCUT2D eigenvalue weighted by Crippen LogP contribution is -2.61. The highest BCUT2D eigenvalue weighted by Gasteiger charge is 2.61. The second-order valence-electron chi connectivity index (χ2n) is 19.8. The Morgan fingerprint density at radius 3 is 2.16 bits per heavy atom. The third-order valence-corrected chi connectivity index (χ3v) is 14.8. The molecule has 4 aliphatic heterocycles. The summed E-state index contributed by atoms with van der Waals surface area (Å²) in [6.07, 6.45) is -2.93. The minimum atomic E-state index is -1.41. The zero-order valence-corrected chi connectivity index (χ0v) is 40.7. The number of hydrogen-bond donors (Lipinski definition) is 2. The Bertz CT molecular complexity index is 1750. The Labute approximate surface area is 381 Å². The van der Waals surface area contributed by atoms with Gasteiger partial charge in [0.15, 0.2) is 18.2 Å². The molecule has 4 aliphatic rings. The summed E-state index contributed by atoms with van der Waals surface area (Å²) in [5.41, 5.74) is -2.68. The molecule has 0 bridgehead atoms. The number of rotatable bonds is 12. The first kappa shape index (κ1) is 52.0. The summed E-state index contributed by atoms with van der Waals surface area (Å²) in [6.45, 7) is 18.5. The van der Waals surface area contributed by atoms with Gasteiger partial charge in [-0.05, 0) is 86.9 Å². The van der Waals surface area contributed by atoms with Crippen LogP contribution < -0.4 is 0 Å². The average molecular weight is 903 g/mol. The van der Waals surface area contributed by atoms with E-state index < -0.39 is 108 Å². The lowest BCUT2D eigenvalue weighted by molar-refractivity contribution is -0.319. The molecule has 0 radical (unpaired) electrons. The fourth-order valence-corrected chi connectivity index (χ4v) is 10.9. The molecule has 4 fully saturated rings. The van der Waals surface area contributed by atoms with Crippen molar-refractivity contribution in [3.05, 3.63) is 42.0 Å². The standard InChI is InChI=1S/C49H78N2O13/c1-15-36-49(10)41(51(46(56)64-49)24-20-19-23-34-21-17-16-18-22-34)30(4)38(52)28(2)26-48(9,58-14)43(63-45-39(53)35(50(11)12)25-29(3)59-45)31(5)40(32(6)44(55)61-36)62-37-27-47(8,57-13)42(54)33(7)60-37/h16-19,21-23,28-33,35-37,39-43,45,53-54H,15,20,24-27H2,1-14H3/b23-19-/t28-,29-,30+,31+,32-,33+,35+,36-,37+,39-,40+,41-,42+,43-,45+,47-,48-,49-/m1/s1. The van der Waals surface area contributed by atoms with E-state index in [-0.39, 0.29) is 43.7 Å². The fourth-order valence-electron chi connectivity index (χ4n) is 10.9. The first-order valence-corrected chi connectivity index (χ1v) is 23.3. The molecule has 64 heavy (non-hydrogen) atoms. The lowest BCUT2D eigenvalue weighted by Gasteiger charge is -2.50. The minimum Gasteiger partial charge on any atom is -0.458 e. The summed E-state index contributed by atoms with van der Waals surface area (Å²) < 4.78 is 51.5. The molecule has 0 unspecified atom stereocenters. The van der Waals surface area contributed by atoms with E-state index in [1.165, 1.54) is 7.11 Å². The topological polar surface area (TPSA) is 172 Å². The number of esters is 1. The number of methoxy groups -OCH3 is 2. The number of ketones is 1. The molecule has 0 saturated carbocycles. The first-order chi connectivity index (χ1) is 30.0. The third kappa shape index (κ3) is 10.9. The minimum absolute atomic E-state index is 0.132. The zero-order chi connectivity index (χ0) is 47.5. The number of likely N-dealkylation sites (N-methyl/N-ethyl adjacent to an activating group) is 1. The number of carbonyl (C=O) groups is 3. The Hall–Kier alpha value is -2.99. The van der Waals surface area contributed by atoms with Crippen molar-refractivity contribution in [3.63, 3.8) is 0 Å². The Balaban J connectivity index is 1.61. The van der Waals surface area contributed by atoms with E-state index >= 15 is 0 Å². The van der Waals surface area contributed by atoms with Crippen molar-refractivity contribution in [2.75, 3.05) is 34.9 Å². The van der Waals surface area contributed by atoms with Crippen LogP contribution in [0.5, 0.6) is 0 Å². The predicted octanol–water partition coefficient (Wildman–Crippen LogP) is 6.01. The number of benzene rings is 1. The maximum absolute atomic E-state index is 15.0.